The van der Waals surface area contributed by atoms with Gasteiger partial charge in [-0.25, -0.2) is 5.43 Å². The van der Waals surface area contributed by atoms with E-state index in [4.69, 9.17) is 5.26 Å². The van der Waals surface area contributed by atoms with Crippen molar-refractivity contribution in [2.24, 2.45) is 5.10 Å². The standard InChI is InChI=1S/C19H16N4O/c20-11-10-19(24)22-21-12-16-14-23(13-15-6-2-1-3-7-15)18-9-5-4-8-17(16)18/h1-9,12,14H,10,13H2,(H,22,24). The van der Waals surface area contributed by atoms with Gasteiger partial charge in [0.1, 0.15) is 6.42 Å². The third-order valence-corrected chi connectivity index (χ3v) is 3.65. The number of para-hydroxylation sites is 1. The summed E-state index contributed by atoms with van der Waals surface area (Å²) in [4.78, 5) is 11.3. The quantitative estimate of drug-likeness (QED) is 0.580. The lowest BCUT2D eigenvalue weighted by Gasteiger charge is -2.05. The van der Waals surface area contributed by atoms with Crippen LogP contribution in [0.15, 0.2) is 65.9 Å². The Hall–Kier alpha value is -3.39. The van der Waals surface area contributed by atoms with Gasteiger partial charge in [0.05, 0.1) is 12.3 Å². The van der Waals surface area contributed by atoms with E-state index in [-0.39, 0.29) is 6.42 Å². The van der Waals surface area contributed by atoms with Gasteiger partial charge in [-0.15, -0.1) is 0 Å². The number of nitrogens with zero attached hydrogens (tertiary/aromatic N) is 3. The van der Waals surface area contributed by atoms with Crippen LogP contribution in [0.25, 0.3) is 10.9 Å². The number of nitrogens with one attached hydrogen (secondary N) is 1. The fourth-order valence-corrected chi connectivity index (χ4v) is 2.57. The van der Waals surface area contributed by atoms with E-state index in [0.717, 1.165) is 23.0 Å². The fourth-order valence-electron chi connectivity index (χ4n) is 2.57. The smallest absolute Gasteiger partial charge is 0.254 e. The Morgan fingerprint density at radius 3 is 2.71 bits per heavy atom. The number of hydrazone groups is 1. The van der Waals surface area contributed by atoms with Gasteiger partial charge in [0, 0.05) is 29.2 Å². The molecule has 0 spiro atoms. The third kappa shape index (κ3) is 3.50. The van der Waals surface area contributed by atoms with Crippen LogP contribution in [-0.4, -0.2) is 16.7 Å². The highest BCUT2D eigenvalue weighted by molar-refractivity contribution is 5.99. The predicted molar refractivity (Wildman–Crippen MR) is 93.4 cm³/mol. The zero-order valence-corrected chi connectivity index (χ0v) is 13.0. The van der Waals surface area contributed by atoms with Gasteiger partial charge in [0.15, 0.2) is 0 Å². The molecule has 0 aliphatic heterocycles. The molecule has 0 fully saturated rings. The number of aromatic nitrogens is 1. The van der Waals surface area contributed by atoms with Gasteiger partial charge in [-0.05, 0) is 11.6 Å². The Bertz CT molecular complexity index is 919. The Morgan fingerprint density at radius 1 is 1.17 bits per heavy atom. The van der Waals surface area contributed by atoms with Gasteiger partial charge >= 0.3 is 0 Å². The molecule has 3 rings (SSSR count). The molecule has 0 radical (unpaired) electrons. The molecular weight excluding hydrogens is 300 g/mol. The number of rotatable bonds is 5. The van der Waals surface area contributed by atoms with Crippen molar-refractivity contribution < 1.29 is 4.79 Å². The number of fused-ring (bicyclic) bond motifs is 1. The lowest BCUT2D eigenvalue weighted by molar-refractivity contribution is -0.120. The first-order valence-electron chi connectivity index (χ1n) is 7.58. The Kier molecular flexibility index (Phi) is 4.68. The van der Waals surface area contributed by atoms with Gasteiger partial charge in [-0.1, -0.05) is 48.5 Å². The molecule has 1 aromatic heterocycles. The van der Waals surface area contributed by atoms with Crippen molar-refractivity contribution in [3.05, 3.63) is 71.9 Å². The Morgan fingerprint density at radius 2 is 1.92 bits per heavy atom. The van der Waals surface area contributed by atoms with Crippen LogP contribution in [0.2, 0.25) is 0 Å². The summed E-state index contributed by atoms with van der Waals surface area (Å²) in [5, 5.41) is 13.5. The fraction of sp³-hybridized carbons (Fsp3) is 0.105. The molecular formula is C19H16N4O. The summed E-state index contributed by atoms with van der Waals surface area (Å²) in [6.07, 6.45) is 3.42. The Labute approximate surface area is 139 Å². The summed E-state index contributed by atoms with van der Waals surface area (Å²) >= 11 is 0. The van der Waals surface area contributed by atoms with E-state index < -0.39 is 5.91 Å². The second kappa shape index (κ2) is 7.25. The average molecular weight is 316 g/mol. The number of carbonyl (C=O) groups excluding carboxylic acids is 1. The summed E-state index contributed by atoms with van der Waals surface area (Å²) in [5.41, 5.74) is 5.59. The van der Waals surface area contributed by atoms with Crippen LogP contribution in [0.1, 0.15) is 17.5 Å². The highest BCUT2D eigenvalue weighted by Gasteiger charge is 2.07. The zero-order chi connectivity index (χ0) is 16.8. The van der Waals surface area contributed by atoms with E-state index in [0.29, 0.717) is 0 Å². The molecule has 2 aromatic carbocycles. The number of hydrogen-bond acceptors (Lipinski definition) is 3. The second-order valence-electron chi connectivity index (χ2n) is 5.34. The molecule has 0 bridgehead atoms. The van der Waals surface area contributed by atoms with E-state index in [1.54, 1.807) is 12.3 Å². The van der Waals surface area contributed by atoms with Crippen LogP contribution in [0.4, 0.5) is 0 Å². The van der Waals surface area contributed by atoms with Crippen LogP contribution in [0.3, 0.4) is 0 Å². The van der Waals surface area contributed by atoms with Gasteiger partial charge in [0.25, 0.3) is 5.91 Å². The molecule has 5 nitrogen and oxygen atoms in total. The largest absolute Gasteiger partial charge is 0.342 e. The van der Waals surface area contributed by atoms with E-state index in [1.165, 1.54) is 5.56 Å². The monoisotopic (exact) mass is 316 g/mol. The number of hydrogen-bond donors (Lipinski definition) is 1. The minimum Gasteiger partial charge on any atom is -0.342 e. The molecule has 24 heavy (non-hydrogen) atoms. The van der Waals surface area contributed by atoms with Gasteiger partial charge in [-0.3, -0.25) is 4.79 Å². The van der Waals surface area contributed by atoms with Gasteiger partial charge in [-0.2, -0.15) is 10.4 Å². The van der Waals surface area contributed by atoms with E-state index in [2.05, 4.69) is 33.3 Å². The summed E-state index contributed by atoms with van der Waals surface area (Å²) in [7, 11) is 0. The summed E-state index contributed by atoms with van der Waals surface area (Å²) < 4.78 is 2.16. The lowest BCUT2D eigenvalue weighted by atomic mass is 10.2. The normalized spacial score (nSPS) is 10.8. The molecule has 0 saturated carbocycles. The first kappa shape index (κ1) is 15.5. The number of benzene rings is 2. The second-order valence-corrected chi connectivity index (χ2v) is 5.34. The van der Waals surface area contributed by atoms with Crippen LogP contribution in [-0.2, 0) is 11.3 Å². The van der Waals surface area contributed by atoms with Crippen molar-refractivity contribution in [1.82, 2.24) is 9.99 Å². The van der Waals surface area contributed by atoms with Crippen LogP contribution >= 0.6 is 0 Å². The van der Waals surface area contributed by atoms with E-state index in [1.807, 2.05) is 42.6 Å². The maximum Gasteiger partial charge on any atom is 0.254 e. The van der Waals surface area contributed by atoms with Crippen molar-refractivity contribution in [3.63, 3.8) is 0 Å². The first-order chi connectivity index (χ1) is 11.8. The highest BCUT2D eigenvalue weighted by atomic mass is 16.2. The molecule has 118 valence electrons. The van der Waals surface area contributed by atoms with Crippen molar-refractivity contribution >= 4 is 23.0 Å². The summed E-state index contributed by atoms with van der Waals surface area (Å²) in [5.74, 6) is -0.415. The van der Waals surface area contributed by atoms with Crippen LogP contribution in [0.5, 0.6) is 0 Å². The minimum atomic E-state index is -0.415. The molecule has 0 atom stereocenters. The molecule has 1 N–H and O–H groups in total. The lowest BCUT2D eigenvalue weighted by Crippen LogP contribution is -2.16. The van der Waals surface area contributed by atoms with Gasteiger partial charge in [0.2, 0.25) is 0 Å². The minimum absolute atomic E-state index is 0.201. The molecule has 3 aromatic rings. The van der Waals surface area contributed by atoms with Crippen LogP contribution < -0.4 is 5.43 Å². The first-order valence-corrected chi connectivity index (χ1v) is 7.58. The molecule has 0 aliphatic carbocycles. The van der Waals surface area contributed by atoms with Crippen molar-refractivity contribution in [1.29, 1.82) is 5.26 Å². The van der Waals surface area contributed by atoms with Gasteiger partial charge < -0.3 is 4.57 Å². The van der Waals surface area contributed by atoms with E-state index in [9.17, 15) is 4.79 Å². The SMILES string of the molecule is N#CCC(=O)NN=Cc1cn(Cc2ccccc2)c2ccccc12. The molecule has 1 amide bonds. The molecule has 1 heterocycles. The molecule has 5 heteroatoms. The maximum atomic E-state index is 11.3. The summed E-state index contributed by atoms with van der Waals surface area (Å²) in [6, 6.07) is 20.1. The van der Waals surface area contributed by atoms with Crippen LogP contribution in [0, 0.1) is 11.3 Å². The summed E-state index contributed by atoms with van der Waals surface area (Å²) in [6.45, 7) is 0.760. The van der Waals surface area contributed by atoms with Crippen molar-refractivity contribution in [3.8, 4) is 6.07 Å². The Balaban J connectivity index is 1.88. The molecule has 0 saturated heterocycles. The zero-order valence-electron chi connectivity index (χ0n) is 13.0. The van der Waals surface area contributed by atoms with E-state index >= 15 is 0 Å². The molecule has 0 unspecified atom stereocenters. The third-order valence-electron chi connectivity index (χ3n) is 3.65. The number of nitriles is 1. The highest BCUT2D eigenvalue weighted by Crippen LogP contribution is 2.21. The predicted octanol–water partition coefficient (Wildman–Crippen LogP) is 3.05. The maximum absolute atomic E-state index is 11.3. The van der Waals surface area contributed by atoms with Crippen molar-refractivity contribution in [2.75, 3.05) is 0 Å². The topological polar surface area (TPSA) is 70.2 Å². The number of carbonyl (C=O) groups is 1. The average Bonchev–Trinajstić information content (AvgIpc) is 2.94. The molecule has 0 aliphatic rings. The number of amides is 1. The van der Waals surface area contributed by atoms with Crippen molar-refractivity contribution in [2.45, 2.75) is 13.0 Å².